The molecule has 22 heavy (non-hydrogen) atoms. The highest BCUT2D eigenvalue weighted by Gasteiger charge is 2.22. The molecule has 0 saturated carbocycles. The number of nitrogens with one attached hydrogen (secondary N) is 1. The average molecular weight is 367 g/mol. The highest BCUT2D eigenvalue weighted by atomic mass is 35.5. The number of halogens is 1. The molecule has 1 aliphatic rings. The quantitative estimate of drug-likeness (QED) is 0.582. The molecule has 1 saturated heterocycles. The zero-order chi connectivity index (χ0) is 15.3. The molecule has 2 heterocycles. The van der Waals surface area contributed by atoms with Crippen LogP contribution in [0.5, 0.6) is 0 Å². The van der Waals surface area contributed by atoms with Gasteiger partial charge in [-0.3, -0.25) is 0 Å². The van der Waals surface area contributed by atoms with E-state index >= 15 is 0 Å². The van der Waals surface area contributed by atoms with E-state index in [2.05, 4.69) is 26.7 Å². The van der Waals surface area contributed by atoms with Crippen LogP contribution >= 0.6 is 24.2 Å². The van der Waals surface area contributed by atoms with Crippen LogP contribution in [0.15, 0.2) is 17.8 Å². The summed E-state index contributed by atoms with van der Waals surface area (Å²) in [5.41, 5.74) is 0. The van der Waals surface area contributed by atoms with Gasteiger partial charge in [0.2, 0.25) is 0 Å². The Morgan fingerprint density at radius 1 is 1.41 bits per heavy atom. The second kappa shape index (κ2) is 8.90. The smallest absolute Gasteiger partial charge is 0.191 e. The number of thioether (sulfide) groups is 1. The van der Waals surface area contributed by atoms with E-state index in [0.29, 0.717) is 18.2 Å². The van der Waals surface area contributed by atoms with Gasteiger partial charge in [0.05, 0.1) is 5.75 Å². The number of hydrogen-bond donors (Lipinski definition) is 1. The molecule has 0 bridgehead atoms. The van der Waals surface area contributed by atoms with E-state index in [1.807, 2.05) is 6.08 Å². The Bertz CT molecular complexity index is 583. The van der Waals surface area contributed by atoms with Crippen LogP contribution < -0.4 is 5.32 Å². The fourth-order valence-corrected chi connectivity index (χ4v) is 4.52. The van der Waals surface area contributed by atoms with Gasteiger partial charge in [-0.25, -0.2) is 8.42 Å². The van der Waals surface area contributed by atoms with E-state index in [4.69, 9.17) is 0 Å². The second-order valence-electron chi connectivity index (χ2n) is 5.24. The number of hydrogen-bond acceptors (Lipinski definition) is 6. The van der Waals surface area contributed by atoms with Gasteiger partial charge in [0, 0.05) is 24.5 Å². The zero-order valence-electron chi connectivity index (χ0n) is 12.7. The lowest BCUT2D eigenvalue weighted by Gasteiger charge is -2.22. The third-order valence-corrected chi connectivity index (χ3v) is 5.62. The van der Waals surface area contributed by atoms with Crippen molar-refractivity contribution in [3.05, 3.63) is 18.5 Å². The molecule has 1 N–H and O–H groups in total. The summed E-state index contributed by atoms with van der Waals surface area (Å²) in [6.07, 6.45) is 5.20. The van der Waals surface area contributed by atoms with E-state index in [1.165, 1.54) is 18.0 Å². The number of aromatic nitrogens is 3. The SMILES string of the molecule is C=CCn1c(SCCS(C)(=O)=O)nnc1C1CCNCC1.Cl. The number of sulfone groups is 1. The van der Waals surface area contributed by atoms with Crippen LogP contribution in [-0.2, 0) is 16.4 Å². The molecule has 0 atom stereocenters. The number of piperidine rings is 1. The van der Waals surface area contributed by atoms with Crippen molar-refractivity contribution >= 4 is 34.0 Å². The van der Waals surface area contributed by atoms with Gasteiger partial charge < -0.3 is 9.88 Å². The van der Waals surface area contributed by atoms with Crippen LogP contribution in [-0.4, -0.2) is 54.0 Å². The van der Waals surface area contributed by atoms with E-state index in [9.17, 15) is 8.42 Å². The minimum absolute atomic E-state index is 0. The van der Waals surface area contributed by atoms with Crippen molar-refractivity contribution < 1.29 is 8.42 Å². The topological polar surface area (TPSA) is 76.9 Å². The lowest BCUT2D eigenvalue weighted by Crippen LogP contribution is -2.28. The second-order valence-corrected chi connectivity index (χ2v) is 8.56. The van der Waals surface area contributed by atoms with Gasteiger partial charge in [-0.1, -0.05) is 17.8 Å². The van der Waals surface area contributed by atoms with Crippen molar-refractivity contribution in [2.45, 2.75) is 30.5 Å². The molecule has 0 aliphatic carbocycles. The molecular weight excluding hydrogens is 344 g/mol. The molecule has 2 rings (SSSR count). The molecule has 1 aliphatic heterocycles. The van der Waals surface area contributed by atoms with Gasteiger partial charge in [-0.2, -0.15) is 0 Å². The first-order valence-corrected chi connectivity index (χ1v) is 10.1. The van der Waals surface area contributed by atoms with Gasteiger partial charge in [-0.05, 0) is 25.9 Å². The Morgan fingerprint density at radius 3 is 2.68 bits per heavy atom. The summed E-state index contributed by atoms with van der Waals surface area (Å²) in [4.78, 5) is 0. The van der Waals surface area contributed by atoms with Crippen molar-refractivity contribution in [1.82, 2.24) is 20.1 Å². The maximum Gasteiger partial charge on any atom is 0.191 e. The average Bonchev–Trinajstić information content (AvgIpc) is 2.82. The normalized spacial score (nSPS) is 16.2. The molecule has 0 aromatic carbocycles. The van der Waals surface area contributed by atoms with Gasteiger partial charge in [-0.15, -0.1) is 29.2 Å². The first-order valence-electron chi connectivity index (χ1n) is 7.06. The Kier molecular flexibility index (Phi) is 7.88. The number of allylic oxidation sites excluding steroid dienone is 1. The van der Waals surface area contributed by atoms with Crippen LogP contribution in [0, 0.1) is 0 Å². The Labute approximate surface area is 142 Å². The van der Waals surface area contributed by atoms with Crippen molar-refractivity contribution in [2.24, 2.45) is 0 Å². The van der Waals surface area contributed by atoms with Gasteiger partial charge in [0.1, 0.15) is 15.7 Å². The Morgan fingerprint density at radius 2 is 2.09 bits per heavy atom. The molecule has 6 nitrogen and oxygen atoms in total. The van der Waals surface area contributed by atoms with Crippen molar-refractivity contribution in [3.63, 3.8) is 0 Å². The molecule has 1 aromatic rings. The van der Waals surface area contributed by atoms with Crippen LogP contribution in [0.25, 0.3) is 0 Å². The molecule has 1 aromatic heterocycles. The minimum Gasteiger partial charge on any atom is -0.317 e. The lowest BCUT2D eigenvalue weighted by molar-refractivity contribution is 0.431. The van der Waals surface area contributed by atoms with E-state index < -0.39 is 9.84 Å². The monoisotopic (exact) mass is 366 g/mol. The molecule has 1 fully saturated rings. The summed E-state index contributed by atoms with van der Waals surface area (Å²) < 4.78 is 24.5. The van der Waals surface area contributed by atoms with Crippen LogP contribution in [0.2, 0.25) is 0 Å². The molecule has 0 unspecified atom stereocenters. The molecule has 9 heteroatoms. The van der Waals surface area contributed by atoms with E-state index in [0.717, 1.165) is 36.9 Å². The minimum atomic E-state index is -2.94. The fourth-order valence-electron chi connectivity index (χ4n) is 2.37. The third kappa shape index (κ3) is 5.57. The summed E-state index contributed by atoms with van der Waals surface area (Å²) >= 11 is 1.45. The molecule has 0 spiro atoms. The van der Waals surface area contributed by atoms with Gasteiger partial charge in [0.25, 0.3) is 0 Å². The summed E-state index contributed by atoms with van der Waals surface area (Å²) in [7, 11) is -2.94. The maximum atomic E-state index is 11.2. The van der Waals surface area contributed by atoms with Crippen molar-refractivity contribution in [3.8, 4) is 0 Å². The van der Waals surface area contributed by atoms with Gasteiger partial charge >= 0.3 is 0 Å². The first-order chi connectivity index (χ1) is 10.0. The summed E-state index contributed by atoms with van der Waals surface area (Å²) in [6.45, 7) is 6.45. The van der Waals surface area contributed by atoms with E-state index in [-0.39, 0.29) is 18.2 Å². The van der Waals surface area contributed by atoms with Crippen LogP contribution in [0.1, 0.15) is 24.6 Å². The van der Waals surface area contributed by atoms with E-state index in [1.54, 1.807) is 0 Å². The predicted octanol–water partition coefficient (Wildman–Crippen LogP) is 1.49. The third-order valence-electron chi connectivity index (χ3n) is 3.45. The zero-order valence-corrected chi connectivity index (χ0v) is 15.1. The highest BCUT2D eigenvalue weighted by molar-refractivity contribution is 8.00. The van der Waals surface area contributed by atoms with Crippen LogP contribution in [0.4, 0.5) is 0 Å². The summed E-state index contributed by atoms with van der Waals surface area (Å²) in [6, 6.07) is 0. The number of nitrogens with zero attached hydrogens (tertiary/aromatic N) is 3. The Hall–Kier alpha value is -0.570. The first kappa shape index (κ1) is 19.5. The molecular formula is C13H23ClN4O2S2. The number of rotatable bonds is 7. The predicted molar refractivity (Wildman–Crippen MR) is 92.7 cm³/mol. The van der Waals surface area contributed by atoms with Gasteiger partial charge in [0.15, 0.2) is 5.16 Å². The summed E-state index contributed by atoms with van der Waals surface area (Å²) in [5, 5.41) is 12.7. The molecule has 126 valence electrons. The largest absolute Gasteiger partial charge is 0.317 e. The Balaban J connectivity index is 0.00000242. The lowest BCUT2D eigenvalue weighted by atomic mass is 9.97. The highest BCUT2D eigenvalue weighted by Crippen LogP contribution is 2.27. The van der Waals surface area contributed by atoms with Crippen molar-refractivity contribution in [1.29, 1.82) is 0 Å². The fraction of sp³-hybridized carbons (Fsp3) is 0.692. The summed E-state index contributed by atoms with van der Waals surface area (Å²) in [5.74, 6) is 2.07. The maximum absolute atomic E-state index is 11.2. The molecule has 0 amide bonds. The van der Waals surface area contributed by atoms with Crippen molar-refractivity contribution in [2.75, 3.05) is 30.9 Å². The standard InChI is InChI=1S/C13H22N4O2S2.ClH/c1-3-8-17-12(11-4-6-14-7-5-11)15-16-13(17)20-9-10-21(2,18)19;/h3,11,14H,1,4-10H2,2H3;1H. The van der Waals surface area contributed by atoms with Crippen LogP contribution in [0.3, 0.4) is 0 Å². The molecule has 0 radical (unpaired) electrons.